The Hall–Kier alpha value is -2.86. The van der Waals surface area contributed by atoms with E-state index in [1.165, 1.54) is 12.0 Å². The second-order valence-corrected chi connectivity index (χ2v) is 10.4. The van der Waals surface area contributed by atoms with Gasteiger partial charge >= 0.3 is 5.97 Å². The predicted octanol–water partition coefficient (Wildman–Crippen LogP) is 5.03. The van der Waals surface area contributed by atoms with E-state index in [-0.39, 0.29) is 22.2 Å². The van der Waals surface area contributed by atoms with Gasteiger partial charge in [-0.25, -0.2) is 4.79 Å². The standard InChI is InChI=1S/C23H23Cl2N5O4S2/c1-6-9-30-19(14-8-7-13(24)10-15(14)25)27-28-23(30)35-11-16(31)26-20-17(22(33)34-5)12(2)18(36-20)21(32)29(3)4/h6-8,10H,1,9,11H2,2-5H3,(H,26,31). The van der Waals surface area contributed by atoms with E-state index in [4.69, 9.17) is 27.9 Å². The van der Waals surface area contributed by atoms with Crippen LogP contribution in [0.4, 0.5) is 5.00 Å². The molecule has 0 atom stereocenters. The predicted molar refractivity (Wildman–Crippen MR) is 143 cm³/mol. The highest BCUT2D eigenvalue weighted by Crippen LogP contribution is 2.35. The molecule has 1 aromatic carbocycles. The van der Waals surface area contributed by atoms with E-state index in [2.05, 4.69) is 22.1 Å². The Morgan fingerprint density at radius 2 is 2.00 bits per heavy atom. The maximum absolute atomic E-state index is 12.8. The van der Waals surface area contributed by atoms with Gasteiger partial charge in [-0.05, 0) is 30.7 Å². The summed E-state index contributed by atoms with van der Waals surface area (Å²) >= 11 is 14.5. The Balaban J connectivity index is 1.83. The number of ether oxygens (including phenoxy) is 1. The van der Waals surface area contributed by atoms with E-state index in [0.717, 1.165) is 23.1 Å². The van der Waals surface area contributed by atoms with Gasteiger partial charge in [0, 0.05) is 31.2 Å². The first-order valence-corrected chi connectivity index (χ1v) is 13.0. The molecule has 2 amide bonds. The molecule has 0 aliphatic heterocycles. The van der Waals surface area contributed by atoms with Crippen LogP contribution in [-0.4, -0.2) is 64.4 Å². The fourth-order valence-electron chi connectivity index (χ4n) is 3.21. The molecule has 2 aromatic heterocycles. The van der Waals surface area contributed by atoms with Gasteiger partial charge < -0.3 is 15.0 Å². The summed E-state index contributed by atoms with van der Waals surface area (Å²) in [5.41, 5.74) is 1.24. The van der Waals surface area contributed by atoms with E-state index in [1.54, 1.807) is 49.9 Å². The number of halogens is 2. The van der Waals surface area contributed by atoms with Crippen molar-refractivity contribution < 1.29 is 19.1 Å². The SMILES string of the molecule is C=CCn1c(SCC(=O)Nc2sc(C(=O)N(C)C)c(C)c2C(=O)OC)nnc1-c1ccc(Cl)cc1Cl. The molecule has 9 nitrogen and oxygen atoms in total. The first-order chi connectivity index (χ1) is 17.1. The number of hydrogen-bond donors (Lipinski definition) is 1. The number of hydrogen-bond acceptors (Lipinski definition) is 8. The fourth-order valence-corrected chi connectivity index (χ4v) is 5.68. The number of esters is 1. The van der Waals surface area contributed by atoms with Crippen LogP contribution in [-0.2, 0) is 16.1 Å². The van der Waals surface area contributed by atoms with Crippen LogP contribution < -0.4 is 5.32 Å². The molecule has 13 heteroatoms. The Bertz CT molecular complexity index is 1340. The van der Waals surface area contributed by atoms with E-state index in [1.807, 2.05) is 0 Å². The third kappa shape index (κ3) is 5.92. The van der Waals surface area contributed by atoms with Gasteiger partial charge in [-0.3, -0.25) is 14.2 Å². The molecule has 3 aromatic rings. The average Bonchev–Trinajstić information content (AvgIpc) is 3.37. The largest absolute Gasteiger partial charge is 0.465 e. The summed E-state index contributed by atoms with van der Waals surface area (Å²) in [5, 5.41) is 12.8. The van der Waals surface area contributed by atoms with Gasteiger partial charge in [0.1, 0.15) is 5.00 Å². The normalized spacial score (nSPS) is 10.7. The number of nitrogens with zero attached hydrogens (tertiary/aromatic N) is 4. The molecule has 1 N–H and O–H groups in total. The van der Waals surface area contributed by atoms with Crippen LogP contribution in [0.2, 0.25) is 10.0 Å². The molecular weight excluding hydrogens is 545 g/mol. The molecule has 0 aliphatic carbocycles. The Kier molecular flexibility index (Phi) is 9.18. The molecule has 3 rings (SSSR count). The zero-order valence-corrected chi connectivity index (χ0v) is 23.1. The smallest absolute Gasteiger partial charge is 0.341 e. The van der Waals surface area contributed by atoms with E-state index >= 15 is 0 Å². The molecule has 36 heavy (non-hydrogen) atoms. The molecule has 0 fully saturated rings. The van der Waals surface area contributed by atoms with Crippen molar-refractivity contribution >= 4 is 69.1 Å². The summed E-state index contributed by atoms with van der Waals surface area (Å²) in [4.78, 5) is 39.5. The molecule has 0 saturated carbocycles. The van der Waals surface area contributed by atoms with Crippen molar-refractivity contribution in [3.63, 3.8) is 0 Å². The highest BCUT2D eigenvalue weighted by Gasteiger charge is 2.27. The van der Waals surface area contributed by atoms with Crippen molar-refractivity contribution in [3.05, 3.63) is 56.9 Å². The molecular formula is C23H23Cl2N5O4S2. The first kappa shape index (κ1) is 27.7. The van der Waals surface area contributed by atoms with Crippen molar-refractivity contribution in [2.45, 2.75) is 18.6 Å². The molecule has 190 valence electrons. The molecule has 0 aliphatic rings. The van der Waals surface area contributed by atoms with Crippen LogP contribution in [0, 0.1) is 6.92 Å². The van der Waals surface area contributed by atoms with Gasteiger partial charge in [-0.1, -0.05) is 41.0 Å². The van der Waals surface area contributed by atoms with Crippen molar-refractivity contribution in [3.8, 4) is 11.4 Å². The molecule has 0 bridgehead atoms. The van der Waals surface area contributed by atoms with Gasteiger partial charge in [0.15, 0.2) is 11.0 Å². The van der Waals surface area contributed by atoms with Crippen molar-refractivity contribution in [2.24, 2.45) is 0 Å². The second kappa shape index (κ2) is 11.9. The van der Waals surface area contributed by atoms with E-state index in [9.17, 15) is 14.4 Å². The van der Waals surface area contributed by atoms with Gasteiger partial charge in [0.05, 0.1) is 28.3 Å². The zero-order chi connectivity index (χ0) is 26.6. The highest BCUT2D eigenvalue weighted by molar-refractivity contribution is 7.99. The lowest BCUT2D eigenvalue weighted by atomic mass is 10.1. The fraction of sp³-hybridized carbons (Fsp3) is 0.261. The molecule has 0 unspecified atom stereocenters. The summed E-state index contributed by atoms with van der Waals surface area (Å²) in [6.45, 7) is 5.81. The first-order valence-electron chi connectivity index (χ1n) is 10.4. The van der Waals surface area contributed by atoms with Crippen molar-refractivity contribution in [1.29, 1.82) is 0 Å². The number of benzene rings is 1. The maximum Gasteiger partial charge on any atom is 0.341 e. The minimum Gasteiger partial charge on any atom is -0.465 e. The van der Waals surface area contributed by atoms with Gasteiger partial charge in [0.25, 0.3) is 5.91 Å². The lowest BCUT2D eigenvalue weighted by molar-refractivity contribution is -0.113. The Labute approximate surface area is 226 Å². The topological polar surface area (TPSA) is 106 Å². The summed E-state index contributed by atoms with van der Waals surface area (Å²) in [5.74, 6) is -0.830. The third-order valence-corrected chi connectivity index (χ3v) is 7.63. The van der Waals surface area contributed by atoms with Crippen molar-refractivity contribution in [2.75, 3.05) is 32.3 Å². The van der Waals surface area contributed by atoms with Crippen LogP contribution in [0.25, 0.3) is 11.4 Å². The average molecular weight is 569 g/mol. The van der Waals surface area contributed by atoms with Crippen molar-refractivity contribution in [1.82, 2.24) is 19.7 Å². The number of anilines is 1. The highest BCUT2D eigenvalue weighted by atomic mass is 35.5. The number of allylic oxidation sites excluding steroid dienone is 1. The lowest BCUT2D eigenvalue weighted by Crippen LogP contribution is -2.21. The number of aromatic nitrogens is 3. The van der Waals surface area contributed by atoms with Crippen LogP contribution in [0.3, 0.4) is 0 Å². The number of amides is 2. The summed E-state index contributed by atoms with van der Waals surface area (Å²) in [6.07, 6.45) is 1.68. The number of thioether (sulfide) groups is 1. The molecule has 2 heterocycles. The summed E-state index contributed by atoms with van der Waals surface area (Å²) < 4.78 is 6.64. The van der Waals surface area contributed by atoms with E-state index < -0.39 is 11.9 Å². The van der Waals surface area contributed by atoms with Crippen LogP contribution >= 0.6 is 46.3 Å². The summed E-state index contributed by atoms with van der Waals surface area (Å²) in [7, 11) is 4.46. The third-order valence-electron chi connectivity index (χ3n) is 4.92. The van der Waals surface area contributed by atoms with Gasteiger partial charge in [-0.2, -0.15) is 0 Å². The zero-order valence-electron chi connectivity index (χ0n) is 19.9. The monoisotopic (exact) mass is 567 g/mol. The number of methoxy groups -OCH3 is 1. The lowest BCUT2D eigenvalue weighted by Gasteiger charge is -2.09. The Morgan fingerprint density at radius 1 is 1.28 bits per heavy atom. The molecule has 0 saturated heterocycles. The maximum atomic E-state index is 12.8. The van der Waals surface area contributed by atoms with Gasteiger partial charge in [0.2, 0.25) is 5.91 Å². The van der Waals surface area contributed by atoms with E-state index in [0.29, 0.717) is 43.6 Å². The van der Waals surface area contributed by atoms with Gasteiger partial charge in [-0.15, -0.1) is 28.1 Å². The van der Waals surface area contributed by atoms with Crippen LogP contribution in [0.5, 0.6) is 0 Å². The molecule has 0 spiro atoms. The number of carbonyl (C=O) groups is 3. The number of rotatable bonds is 9. The Morgan fingerprint density at radius 3 is 2.61 bits per heavy atom. The number of nitrogens with one attached hydrogen (secondary N) is 1. The number of thiophene rings is 1. The second-order valence-electron chi connectivity index (χ2n) is 7.62. The molecule has 0 radical (unpaired) electrons. The summed E-state index contributed by atoms with van der Waals surface area (Å²) in [6, 6.07) is 5.06. The number of carbonyl (C=O) groups excluding carboxylic acids is 3. The quantitative estimate of drug-likeness (QED) is 0.219. The minimum absolute atomic E-state index is 0.0296. The minimum atomic E-state index is -0.639. The van der Waals surface area contributed by atoms with Crippen LogP contribution in [0.15, 0.2) is 36.0 Å². The van der Waals surface area contributed by atoms with Crippen LogP contribution in [0.1, 0.15) is 25.6 Å².